The molecule has 0 aliphatic heterocycles. The van der Waals surface area contributed by atoms with Crippen molar-refractivity contribution in [3.63, 3.8) is 0 Å². The Morgan fingerprint density at radius 2 is 2.18 bits per heavy atom. The summed E-state index contributed by atoms with van der Waals surface area (Å²) in [5, 5.41) is 13.6. The highest BCUT2D eigenvalue weighted by atomic mass is 32.2. The van der Waals surface area contributed by atoms with Crippen LogP contribution in [0.5, 0.6) is 0 Å². The Labute approximate surface area is 170 Å². The lowest BCUT2D eigenvalue weighted by molar-refractivity contribution is 0.0958. The van der Waals surface area contributed by atoms with Crippen LogP contribution in [0.3, 0.4) is 0 Å². The van der Waals surface area contributed by atoms with Gasteiger partial charge in [0, 0.05) is 31.5 Å². The Balaban J connectivity index is 0.00000136. The van der Waals surface area contributed by atoms with Gasteiger partial charge >= 0.3 is 0 Å². The van der Waals surface area contributed by atoms with Crippen molar-refractivity contribution in [1.82, 2.24) is 20.3 Å². The smallest absolute Gasteiger partial charge is 0.256 e. The summed E-state index contributed by atoms with van der Waals surface area (Å²) in [6.45, 7) is 6.20. The molecule has 28 heavy (non-hydrogen) atoms. The minimum absolute atomic E-state index is 0.243. The second-order valence-corrected chi connectivity index (χ2v) is 6.90. The molecule has 1 atom stereocenters. The summed E-state index contributed by atoms with van der Waals surface area (Å²) in [7, 11) is 1.00. The van der Waals surface area contributed by atoms with E-state index in [1.165, 1.54) is 17.3 Å². The standard InChI is InChI=1S/C19H23N5OS.CH4O/c1-4-10-20-18(25)14-11-21-19(26-3)24-17(14)23-15-9-8-13-7-6-12(5-2)16(13)22-15;1-2/h4,8-9,11-12H,1,5-7,10H2,2-3H3,(H,20,25)(H,21,22,23,24);2H,1H3. The molecule has 3 rings (SSSR count). The number of nitrogens with one attached hydrogen (secondary N) is 2. The second-order valence-electron chi connectivity index (χ2n) is 6.13. The Bertz CT molecular complexity index is 828. The number of carbonyl (C=O) groups excluding carboxylic acids is 1. The van der Waals surface area contributed by atoms with Crippen molar-refractivity contribution in [1.29, 1.82) is 0 Å². The number of hydrogen-bond acceptors (Lipinski definition) is 7. The van der Waals surface area contributed by atoms with E-state index >= 15 is 0 Å². The molecule has 7 nitrogen and oxygen atoms in total. The van der Waals surface area contributed by atoms with Gasteiger partial charge in [-0.15, -0.1) is 6.58 Å². The summed E-state index contributed by atoms with van der Waals surface area (Å²) in [4.78, 5) is 25.9. The fraction of sp³-hybridized carbons (Fsp3) is 0.400. The van der Waals surface area contributed by atoms with Crippen molar-refractivity contribution in [3.8, 4) is 0 Å². The quantitative estimate of drug-likeness (QED) is 0.372. The highest BCUT2D eigenvalue weighted by molar-refractivity contribution is 7.98. The first-order valence-corrected chi connectivity index (χ1v) is 10.4. The average molecular weight is 402 g/mol. The first-order chi connectivity index (χ1) is 13.7. The first kappa shape index (κ1) is 21.8. The van der Waals surface area contributed by atoms with Gasteiger partial charge in [0.25, 0.3) is 5.91 Å². The van der Waals surface area contributed by atoms with Crippen molar-refractivity contribution in [2.45, 2.75) is 37.3 Å². The molecular formula is C20H27N5O2S. The number of pyridine rings is 1. The van der Waals surface area contributed by atoms with Crippen molar-refractivity contribution in [2.24, 2.45) is 0 Å². The van der Waals surface area contributed by atoms with E-state index in [0.29, 0.717) is 34.8 Å². The topological polar surface area (TPSA) is 100 Å². The Morgan fingerprint density at radius 3 is 2.86 bits per heavy atom. The van der Waals surface area contributed by atoms with Gasteiger partial charge in [-0.25, -0.2) is 15.0 Å². The number of carbonyl (C=O) groups is 1. The molecule has 2 heterocycles. The van der Waals surface area contributed by atoms with E-state index in [4.69, 9.17) is 10.1 Å². The molecule has 0 radical (unpaired) electrons. The number of aromatic nitrogens is 3. The number of nitrogens with zero attached hydrogens (tertiary/aromatic N) is 3. The fourth-order valence-corrected chi connectivity index (χ4v) is 3.45. The summed E-state index contributed by atoms with van der Waals surface area (Å²) in [6.07, 6.45) is 8.40. The van der Waals surface area contributed by atoms with E-state index in [9.17, 15) is 4.79 Å². The summed E-state index contributed by atoms with van der Waals surface area (Å²) in [5.74, 6) is 1.43. The molecule has 1 unspecified atom stereocenters. The van der Waals surface area contributed by atoms with Crippen molar-refractivity contribution in [2.75, 3.05) is 25.2 Å². The van der Waals surface area contributed by atoms with E-state index in [1.807, 2.05) is 12.3 Å². The monoisotopic (exact) mass is 401 g/mol. The Morgan fingerprint density at radius 1 is 1.39 bits per heavy atom. The van der Waals surface area contributed by atoms with Gasteiger partial charge in [0.2, 0.25) is 0 Å². The highest BCUT2D eigenvalue weighted by Gasteiger charge is 2.23. The molecule has 2 aromatic rings. The minimum Gasteiger partial charge on any atom is -0.400 e. The summed E-state index contributed by atoms with van der Waals surface area (Å²) in [6, 6.07) is 4.07. The maximum absolute atomic E-state index is 12.4. The predicted molar refractivity (Wildman–Crippen MR) is 113 cm³/mol. The van der Waals surface area contributed by atoms with Crippen LogP contribution in [0.1, 0.15) is 47.3 Å². The van der Waals surface area contributed by atoms with Gasteiger partial charge in [0.05, 0.1) is 0 Å². The van der Waals surface area contributed by atoms with E-state index in [0.717, 1.165) is 32.1 Å². The molecule has 0 saturated heterocycles. The van der Waals surface area contributed by atoms with E-state index < -0.39 is 0 Å². The fourth-order valence-electron chi connectivity index (χ4n) is 3.11. The summed E-state index contributed by atoms with van der Waals surface area (Å²) in [5.41, 5.74) is 2.87. The summed E-state index contributed by atoms with van der Waals surface area (Å²) >= 11 is 1.43. The molecule has 0 fully saturated rings. The third-order valence-electron chi connectivity index (χ3n) is 4.50. The van der Waals surface area contributed by atoms with Gasteiger partial charge in [-0.2, -0.15) is 0 Å². The Hall–Kier alpha value is -2.45. The number of anilines is 2. The number of fused-ring (bicyclic) bond motifs is 1. The normalized spacial score (nSPS) is 14.5. The third-order valence-corrected chi connectivity index (χ3v) is 5.06. The van der Waals surface area contributed by atoms with E-state index in [1.54, 1.807) is 12.3 Å². The molecule has 150 valence electrons. The number of aliphatic hydroxyl groups excluding tert-OH is 1. The zero-order valence-corrected chi connectivity index (χ0v) is 17.3. The van der Waals surface area contributed by atoms with Crippen LogP contribution >= 0.6 is 11.8 Å². The number of thioether (sulfide) groups is 1. The lowest BCUT2D eigenvalue weighted by Crippen LogP contribution is -2.24. The van der Waals surface area contributed by atoms with Crippen LogP contribution in [0.15, 0.2) is 36.1 Å². The molecule has 3 N–H and O–H groups in total. The highest BCUT2D eigenvalue weighted by Crippen LogP contribution is 2.35. The molecule has 2 aromatic heterocycles. The van der Waals surface area contributed by atoms with Crippen LogP contribution < -0.4 is 10.6 Å². The van der Waals surface area contributed by atoms with Gasteiger partial charge in [-0.05, 0) is 37.1 Å². The number of rotatable bonds is 7. The zero-order valence-electron chi connectivity index (χ0n) is 16.5. The predicted octanol–water partition coefficient (Wildman–Crippen LogP) is 3.30. The maximum Gasteiger partial charge on any atom is 0.256 e. The zero-order chi connectivity index (χ0) is 20.5. The molecular weight excluding hydrogens is 374 g/mol. The lowest BCUT2D eigenvalue weighted by Gasteiger charge is -2.13. The largest absolute Gasteiger partial charge is 0.400 e. The number of aryl methyl sites for hydroxylation is 1. The van der Waals surface area contributed by atoms with Crippen molar-refractivity contribution in [3.05, 3.63) is 47.8 Å². The van der Waals surface area contributed by atoms with Crippen molar-refractivity contribution < 1.29 is 9.90 Å². The van der Waals surface area contributed by atoms with Crippen LogP contribution in [0.2, 0.25) is 0 Å². The lowest BCUT2D eigenvalue weighted by atomic mass is 10.0. The van der Waals surface area contributed by atoms with Crippen LogP contribution in [-0.2, 0) is 6.42 Å². The molecule has 0 saturated carbocycles. The average Bonchev–Trinajstić information content (AvgIpc) is 3.15. The van der Waals surface area contributed by atoms with Crippen molar-refractivity contribution >= 4 is 29.3 Å². The first-order valence-electron chi connectivity index (χ1n) is 9.18. The second kappa shape index (κ2) is 10.8. The molecule has 1 amide bonds. The number of amides is 1. The molecule has 0 bridgehead atoms. The van der Waals surface area contributed by atoms with Crippen LogP contribution in [0, 0.1) is 0 Å². The SMILES string of the molecule is C=CCNC(=O)c1cnc(SC)nc1Nc1ccc2c(n1)C(CC)CC2.CO. The van der Waals surface area contributed by atoms with E-state index in [-0.39, 0.29) is 5.91 Å². The molecule has 0 aromatic carbocycles. The summed E-state index contributed by atoms with van der Waals surface area (Å²) < 4.78 is 0. The number of hydrogen-bond donors (Lipinski definition) is 3. The Kier molecular flexibility index (Phi) is 8.41. The van der Waals surface area contributed by atoms with Gasteiger partial charge in [-0.3, -0.25) is 4.79 Å². The molecule has 1 aliphatic rings. The molecule has 1 aliphatic carbocycles. The third kappa shape index (κ3) is 5.08. The van der Waals surface area contributed by atoms with Gasteiger partial charge < -0.3 is 15.7 Å². The van der Waals surface area contributed by atoms with E-state index in [2.05, 4.69) is 40.2 Å². The minimum atomic E-state index is -0.243. The van der Waals surface area contributed by atoms with Crippen LogP contribution in [-0.4, -0.2) is 45.9 Å². The van der Waals surface area contributed by atoms with Crippen LogP contribution in [0.25, 0.3) is 0 Å². The van der Waals surface area contributed by atoms with Gasteiger partial charge in [0.1, 0.15) is 17.2 Å². The van der Waals surface area contributed by atoms with Gasteiger partial charge in [-0.1, -0.05) is 30.8 Å². The molecule has 0 spiro atoms. The van der Waals surface area contributed by atoms with Crippen LogP contribution in [0.4, 0.5) is 11.6 Å². The molecule has 8 heteroatoms. The van der Waals surface area contributed by atoms with Gasteiger partial charge in [0.15, 0.2) is 5.16 Å². The maximum atomic E-state index is 12.4. The number of aliphatic hydroxyl groups is 1.